The minimum atomic E-state index is -0.0370. The van der Waals surface area contributed by atoms with E-state index in [2.05, 4.69) is 10.4 Å². The van der Waals surface area contributed by atoms with Crippen LogP contribution in [0.2, 0.25) is 0 Å². The average molecular weight is 211 g/mol. The molecule has 0 aliphatic rings. The lowest BCUT2D eigenvalue weighted by Crippen LogP contribution is -2.35. The van der Waals surface area contributed by atoms with E-state index in [9.17, 15) is 4.79 Å². The summed E-state index contributed by atoms with van der Waals surface area (Å²) < 4.78 is 1.62. The number of amides is 1. The molecule has 0 saturated carbocycles. The van der Waals surface area contributed by atoms with E-state index in [0.29, 0.717) is 18.1 Å². The molecule has 1 rings (SSSR count). The summed E-state index contributed by atoms with van der Waals surface area (Å²) in [5.74, 6) is 0.591. The summed E-state index contributed by atoms with van der Waals surface area (Å²) in [4.78, 5) is 13.0. The fraction of sp³-hybridized carbons (Fsp3) is 0.556. The molecule has 1 aromatic heterocycles. The molecule has 15 heavy (non-hydrogen) atoms. The van der Waals surface area contributed by atoms with E-state index in [1.165, 1.54) is 0 Å². The van der Waals surface area contributed by atoms with E-state index >= 15 is 0 Å². The van der Waals surface area contributed by atoms with Crippen molar-refractivity contribution in [2.75, 3.05) is 30.8 Å². The molecule has 0 aromatic carbocycles. The van der Waals surface area contributed by atoms with Gasteiger partial charge in [-0.05, 0) is 6.92 Å². The smallest absolute Gasteiger partial charge is 0.239 e. The van der Waals surface area contributed by atoms with Gasteiger partial charge >= 0.3 is 0 Å². The first-order chi connectivity index (χ1) is 7.04. The number of nitrogens with two attached hydrogens (primary N) is 1. The Morgan fingerprint density at radius 2 is 2.40 bits per heavy atom. The number of anilines is 2. The van der Waals surface area contributed by atoms with Gasteiger partial charge in [0, 0.05) is 26.8 Å². The number of likely N-dealkylation sites (N-methyl/N-ethyl adjacent to an activating group) is 2. The van der Waals surface area contributed by atoms with Crippen LogP contribution in [0, 0.1) is 0 Å². The Bertz CT molecular complexity index is 346. The van der Waals surface area contributed by atoms with Crippen LogP contribution >= 0.6 is 0 Å². The molecule has 0 atom stereocenters. The fourth-order valence-electron chi connectivity index (χ4n) is 1.34. The van der Waals surface area contributed by atoms with Crippen molar-refractivity contribution in [3.63, 3.8) is 0 Å². The highest BCUT2D eigenvalue weighted by Gasteiger charge is 2.12. The zero-order valence-corrected chi connectivity index (χ0v) is 9.32. The molecule has 0 unspecified atom stereocenters. The lowest BCUT2D eigenvalue weighted by molar-refractivity contribution is -0.119. The summed E-state index contributed by atoms with van der Waals surface area (Å²) >= 11 is 0. The number of aryl methyl sites for hydroxylation is 1. The van der Waals surface area contributed by atoms with Crippen molar-refractivity contribution in [3.05, 3.63) is 6.20 Å². The zero-order chi connectivity index (χ0) is 11.4. The van der Waals surface area contributed by atoms with Crippen LogP contribution < -0.4 is 16.0 Å². The van der Waals surface area contributed by atoms with Gasteiger partial charge in [0.1, 0.15) is 0 Å². The second-order valence-electron chi connectivity index (χ2n) is 3.39. The molecule has 1 heterocycles. The van der Waals surface area contributed by atoms with Gasteiger partial charge in [0.15, 0.2) is 5.82 Å². The Morgan fingerprint density at radius 1 is 1.73 bits per heavy atom. The minimum Gasteiger partial charge on any atom is -0.394 e. The molecule has 6 heteroatoms. The lowest BCUT2D eigenvalue weighted by atomic mass is 10.4. The number of carbonyl (C=O) groups excluding carboxylic acids is 1. The Kier molecular flexibility index (Phi) is 3.54. The lowest BCUT2D eigenvalue weighted by Gasteiger charge is -2.16. The van der Waals surface area contributed by atoms with Gasteiger partial charge in [-0.1, -0.05) is 0 Å². The quantitative estimate of drug-likeness (QED) is 0.709. The van der Waals surface area contributed by atoms with Crippen molar-refractivity contribution in [3.8, 4) is 0 Å². The van der Waals surface area contributed by atoms with E-state index in [0.717, 1.165) is 0 Å². The maximum Gasteiger partial charge on any atom is 0.239 e. The number of nitrogens with one attached hydrogen (secondary N) is 1. The third-order valence-corrected chi connectivity index (χ3v) is 1.95. The molecule has 1 amide bonds. The van der Waals surface area contributed by atoms with Gasteiger partial charge in [-0.2, -0.15) is 5.10 Å². The number of rotatable bonds is 4. The molecule has 6 nitrogen and oxygen atoms in total. The second-order valence-corrected chi connectivity index (χ2v) is 3.39. The standard InChI is InChI=1S/C9H17N5O/c1-4-11-8(15)6-13(2)9-7(10)5-14(3)12-9/h5H,4,6,10H2,1-3H3,(H,11,15). The first kappa shape index (κ1) is 11.4. The third kappa shape index (κ3) is 2.87. The van der Waals surface area contributed by atoms with Crippen molar-refractivity contribution in [2.24, 2.45) is 7.05 Å². The SMILES string of the molecule is CCNC(=O)CN(C)c1nn(C)cc1N. The van der Waals surface area contributed by atoms with E-state index in [4.69, 9.17) is 5.73 Å². The summed E-state index contributed by atoms with van der Waals surface area (Å²) in [6.07, 6.45) is 1.71. The van der Waals surface area contributed by atoms with Gasteiger partial charge in [0.05, 0.1) is 12.2 Å². The fourth-order valence-corrected chi connectivity index (χ4v) is 1.34. The Labute approximate surface area is 89.0 Å². The summed E-state index contributed by atoms with van der Waals surface area (Å²) in [6, 6.07) is 0. The summed E-state index contributed by atoms with van der Waals surface area (Å²) in [6.45, 7) is 2.77. The number of nitrogen functional groups attached to an aromatic ring is 1. The first-order valence-electron chi connectivity index (χ1n) is 4.81. The molecule has 0 saturated heterocycles. The predicted octanol–water partition coefficient (Wildman–Crippen LogP) is -0.425. The molecule has 0 aliphatic heterocycles. The van der Waals surface area contributed by atoms with Crippen LogP contribution in [0.25, 0.3) is 0 Å². The maximum atomic E-state index is 11.3. The van der Waals surface area contributed by atoms with E-state index in [-0.39, 0.29) is 12.5 Å². The molecule has 0 fully saturated rings. The molecular weight excluding hydrogens is 194 g/mol. The van der Waals surface area contributed by atoms with Crippen LogP contribution in [-0.2, 0) is 11.8 Å². The van der Waals surface area contributed by atoms with Gasteiger partial charge in [-0.3, -0.25) is 9.48 Å². The molecule has 3 N–H and O–H groups in total. The normalized spacial score (nSPS) is 10.1. The zero-order valence-electron chi connectivity index (χ0n) is 9.32. The third-order valence-electron chi connectivity index (χ3n) is 1.95. The second kappa shape index (κ2) is 4.68. The summed E-state index contributed by atoms with van der Waals surface area (Å²) in [7, 11) is 3.58. The van der Waals surface area contributed by atoms with Crippen LogP contribution in [0.5, 0.6) is 0 Å². The van der Waals surface area contributed by atoms with Crippen LogP contribution in [0.4, 0.5) is 11.5 Å². The summed E-state index contributed by atoms with van der Waals surface area (Å²) in [5, 5.41) is 6.88. The number of hydrogen-bond donors (Lipinski definition) is 2. The van der Waals surface area contributed by atoms with Gasteiger partial charge in [-0.15, -0.1) is 0 Å². The van der Waals surface area contributed by atoms with Crippen LogP contribution in [0.3, 0.4) is 0 Å². The van der Waals surface area contributed by atoms with Crippen molar-refractivity contribution in [2.45, 2.75) is 6.92 Å². The Hall–Kier alpha value is -1.72. The van der Waals surface area contributed by atoms with Crippen molar-refractivity contribution in [1.29, 1.82) is 0 Å². The van der Waals surface area contributed by atoms with Gasteiger partial charge in [0.25, 0.3) is 0 Å². The molecule has 1 aromatic rings. The van der Waals surface area contributed by atoms with Crippen LogP contribution in [-0.4, -0.2) is 35.8 Å². The highest BCUT2D eigenvalue weighted by molar-refractivity contribution is 5.81. The van der Waals surface area contributed by atoms with E-state index < -0.39 is 0 Å². The largest absolute Gasteiger partial charge is 0.394 e. The summed E-state index contributed by atoms with van der Waals surface area (Å²) in [5.41, 5.74) is 6.31. The van der Waals surface area contributed by atoms with Crippen molar-refractivity contribution >= 4 is 17.4 Å². The van der Waals surface area contributed by atoms with Crippen LogP contribution in [0.1, 0.15) is 6.92 Å². The number of carbonyl (C=O) groups is 1. The van der Waals surface area contributed by atoms with Gasteiger partial charge < -0.3 is 16.0 Å². The predicted molar refractivity (Wildman–Crippen MR) is 59.6 cm³/mol. The maximum absolute atomic E-state index is 11.3. The molecular formula is C9H17N5O. The topological polar surface area (TPSA) is 76.2 Å². The molecule has 0 bridgehead atoms. The minimum absolute atomic E-state index is 0.0370. The highest BCUT2D eigenvalue weighted by atomic mass is 16.2. The molecule has 0 radical (unpaired) electrons. The average Bonchev–Trinajstić information content (AvgIpc) is 2.45. The Balaban J connectivity index is 2.64. The van der Waals surface area contributed by atoms with Gasteiger partial charge in [0.2, 0.25) is 5.91 Å². The number of nitrogens with zero attached hydrogens (tertiary/aromatic N) is 3. The van der Waals surface area contributed by atoms with Crippen molar-refractivity contribution < 1.29 is 4.79 Å². The van der Waals surface area contributed by atoms with Crippen LogP contribution in [0.15, 0.2) is 6.20 Å². The Morgan fingerprint density at radius 3 is 2.87 bits per heavy atom. The number of hydrogen-bond acceptors (Lipinski definition) is 4. The van der Waals surface area contributed by atoms with Gasteiger partial charge in [-0.25, -0.2) is 0 Å². The monoisotopic (exact) mass is 211 g/mol. The van der Waals surface area contributed by atoms with E-state index in [1.807, 2.05) is 6.92 Å². The molecule has 0 spiro atoms. The van der Waals surface area contributed by atoms with Crippen molar-refractivity contribution in [1.82, 2.24) is 15.1 Å². The first-order valence-corrected chi connectivity index (χ1v) is 4.81. The highest BCUT2D eigenvalue weighted by Crippen LogP contribution is 2.17. The molecule has 0 aliphatic carbocycles. The van der Waals surface area contributed by atoms with E-state index in [1.54, 1.807) is 29.9 Å². The molecule has 84 valence electrons. The number of aromatic nitrogens is 2.